The topological polar surface area (TPSA) is 112 Å². The molecule has 8 nitrogen and oxygen atoms in total. The largest absolute Gasteiger partial charge is 0.439 e. The summed E-state index contributed by atoms with van der Waals surface area (Å²) in [6.45, 7) is 1.84. The molecule has 0 fully saturated rings. The van der Waals surface area contributed by atoms with Gasteiger partial charge < -0.3 is 8.60 Å². The van der Waals surface area contributed by atoms with Crippen molar-refractivity contribution in [1.29, 1.82) is 0 Å². The Labute approximate surface area is 114 Å². The van der Waals surface area contributed by atoms with Gasteiger partial charge in [-0.15, -0.1) is 10.2 Å². The van der Waals surface area contributed by atoms with Gasteiger partial charge in [0.25, 0.3) is 12.0 Å². The smallest absolute Gasteiger partial charge is 0.421 e. The van der Waals surface area contributed by atoms with Crippen LogP contribution < -0.4 is 4.18 Å². The number of aromatic nitrogens is 2. The standard InChI is InChI=1S/C11H9N3O5S/c1-2-10-13-14-11(18-10)8-5-3-4-6-9(8)19-20(16,17)12-7-15/h3-6H,2H2,1H3. The van der Waals surface area contributed by atoms with Crippen LogP contribution in [0, 0.1) is 0 Å². The van der Waals surface area contributed by atoms with Crippen molar-refractivity contribution in [3.05, 3.63) is 30.2 Å². The molecule has 1 aromatic heterocycles. The van der Waals surface area contributed by atoms with E-state index in [9.17, 15) is 13.2 Å². The Morgan fingerprint density at radius 2 is 2.10 bits per heavy atom. The molecule has 0 bridgehead atoms. The van der Waals surface area contributed by atoms with Crippen molar-refractivity contribution in [2.24, 2.45) is 4.40 Å². The van der Waals surface area contributed by atoms with Crippen molar-refractivity contribution in [2.45, 2.75) is 13.3 Å². The zero-order chi connectivity index (χ0) is 14.6. The van der Waals surface area contributed by atoms with Crippen LogP contribution in [0.15, 0.2) is 33.1 Å². The summed E-state index contributed by atoms with van der Waals surface area (Å²) in [5.74, 6) is 0.448. The molecule has 0 aliphatic heterocycles. The number of hydrogen-bond donors (Lipinski definition) is 0. The fourth-order valence-electron chi connectivity index (χ4n) is 1.40. The first-order valence-electron chi connectivity index (χ1n) is 5.51. The molecule has 0 amide bonds. The van der Waals surface area contributed by atoms with E-state index >= 15 is 0 Å². The van der Waals surface area contributed by atoms with Crippen LogP contribution in [-0.4, -0.2) is 24.7 Å². The fraction of sp³-hybridized carbons (Fsp3) is 0.182. The molecule has 0 unspecified atom stereocenters. The van der Waals surface area contributed by atoms with E-state index in [2.05, 4.69) is 18.8 Å². The van der Waals surface area contributed by atoms with Gasteiger partial charge in [-0.1, -0.05) is 19.1 Å². The lowest BCUT2D eigenvalue weighted by molar-refractivity contribution is 0.483. The molecule has 20 heavy (non-hydrogen) atoms. The number of para-hydroxylation sites is 1. The van der Waals surface area contributed by atoms with Crippen LogP contribution in [0.4, 0.5) is 0 Å². The van der Waals surface area contributed by atoms with Gasteiger partial charge in [0.2, 0.25) is 5.89 Å². The molecule has 9 heteroatoms. The van der Waals surface area contributed by atoms with Gasteiger partial charge >= 0.3 is 10.3 Å². The SMILES string of the molecule is CCc1nnc(-c2ccccc2OS(=O)(=O)N=C=O)o1. The third kappa shape index (κ3) is 3.08. The van der Waals surface area contributed by atoms with Crippen LogP contribution in [0.25, 0.3) is 11.5 Å². The van der Waals surface area contributed by atoms with E-state index in [0.717, 1.165) is 6.08 Å². The lowest BCUT2D eigenvalue weighted by Gasteiger charge is -2.04. The average Bonchev–Trinajstić information content (AvgIpc) is 2.87. The summed E-state index contributed by atoms with van der Waals surface area (Å²) in [6, 6.07) is 6.12. The zero-order valence-electron chi connectivity index (χ0n) is 10.3. The first-order chi connectivity index (χ1) is 9.55. The number of hydrogen-bond acceptors (Lipinski definition) is 7. The fourth-order valence-corrected chi connectivity index (χ4v) is 1.90. The first-order valence-corrected chi connectivity index (χ1v) is 6.87. The zero-order valence-corrected chi connectivity index (χ0v) is 11.1. The number of rotatable bonds is 5. The van der Waals surface area contributed by atoms with Crippen LogP contribution in [0.2, 0.25) is 0 Å². The quantitative estimate of drug-likeness (QED) is 0.602. The lowest BCUT2D eigenvalue weighted by atomic mass is 10.2. The summed E-state index contributed by atoms with van der Waals surface area (Å²) in [5.41, 5.74) is 0.282. The monoisotopic (exact) mass is 295 g/mol. The summed E-state index contributed by atoms with van der Waals surface area (Å²) in [4.78, 5) is 10.0. The second kappa shape index (κ2) is 5.64. The van der Waals surface area contributed by atoms with Crippen LogP contribution in [-0.2, 0) is 21.5 Å². The van der Waals surface area contributed by atoms with Crippen molar-refractivity contribution in [3.63, 3.8) is 0 Å². The highest BCUT2D eigenvalue weighted by Gasteiger charge is 2.18. The molecular formula is C11H9N3O5S. The van der Waals surface area contributed by atoms with E-state index in [1.54, 1.807) is 18.2 Å². The number of nitrogens with zero attached hydrogens (tertiary/aromatic N) is 3. The van der Waals surface area contributed by atoms with Crippen molar-refractivity contribution in [1.82, 2.24) is 10.2 Å². The molecular weight excluding hydrogens is 286 g/mol. The van der Waals surface area contributed by atoms with Crippen molar-refractivity contribution in [2.75, 3.05) is 0 Å². The van der Waals surface area contributed by atoms with E-state index < -0.39 is 10.3 Å². The van der Waals surface area contributed by atoms with Crippen molar-refractivity contribution < 1.29 is 21.8 Å². The van der Waals surface area contributed by atoms with Gasteiger partial charge in [0, 0.05) is 6.42 Å². The summed E-state index contributed by atoms with van der Waals surface area (Å²) in [7, 11) is -4.40. The molecule has 0 atom stereocenters. The Balaban J connectivity index is 2.43. The van der Waals surface area contributed by atoms with E-state index in [0.29, 0.717) is 12.3 Å². The third-order valence-corrected chi connectivity index (χ3v) is 2.92. The summed E-state index contributed by atoms with van der Waals surface area (Å²) in [5, 5.41) is 7.57. The normalized spacial score (nSPS) is 10.8. The van der Waals surface area contributed by atoms with Crippen LogP contribution in [0.3, 0.4) is 0 Å². The molecule has 0 saturated heterocycles. The Morgan fingerprint density at radius 3 is 2.75 bits per heavy atom. The van der Waals surface area contributed by atoms with E-state index in [4.69, 9.17) is 4.42 Å². The van der Waals surface area contributed by atoms with Crippen molar-refractivity contribution in [3.8, 4) is 17.2 Å². The second-order valence-electron chi connectivity index (χ2n) is 3.54. The highest BCUT2D eigenvalue weighted by atomic mass is 32.2. The second-order valence-corrected chi connectivity index (χ2v) is 4.75. The van der Waals surface area contributed by atoms with Gasteiger partial charge in [0.15, 0.2) is 5.75 Å². The molecule has 1 aromatic carbocycles. The predicted molar refractivity (Wildman–Crippen MR) is 66.8 cm³/mol. The minimum Gasteiger partial charge on any atom is -0.421 e. The highest BCUT2D eigenvalue weighted by Crippen LogP contribution is 2.29. The maximum Gasteiger partial charge on any atom is 0.439 e. The molecule has 2 aromatic rings. The molecule has 0 radical (unpaired) electrons. The predicted octanol–water partition coefficient (Wildman–Crippen LogP) is 1.26. The number of carbonyl (C=O) groups excluding carboxylic acids is 1. The number of benzene rings is 1. The number of isocyanates is 1. The van der Waals surface area contributed by atoms with E-state index in [1.165, 1.54) is 6.07 Å². The molecule has 104 valence electrons. The van der Waals surface area contributed by atoms with Gasteiger partial charge in [0.1, 0.15) is 0 Å². The average molecular weight is 295 g/mol. The Hall–Kier alpha value is -2.51. The van der Waals surface area contributed by atoms with Crippen LogP contribution in [0.1, 0.15) is 12.8 Å². The van der Waals surface area contributed by atoms with Crippen molar-refractivity contribution >= 4 is 16.4 Å². The van der Waals surface area contributed by atoms with Gasteiger partial charge in [-0.3, -0.25) is 0 Å². The maximum absolute atomic E-state index is 11.3. The molecule has 2 rings (SSSR count). The molecule has 0 aliphatic carbocycles. The van der Waals surface area contributed by atoms with Gasteiger partial charge in [-0.2, -0.15) is 8.42 Å². The third-order valence-electron chi connectivity index (χ3n) is 2.23. The molecule has 0 aliphatic rings. The molecule has 0 spiro atoms. The highest BCUT2D eigenvalue weighted by molar-refractivity contribution is 7.85. The van der Waals surface area contributed by atoms with Crippen LogP contribution in [0.5, 0.6) is 5.75 Å². The Bertz CT molecular complexity index is 762. The van der Waals surface area contributed by atoms with E-state index in [1.807, 2.05) is 6.92 Å². The minimum absolute atomic E-state index is 0.0715. The summed E-state index contributed by atoms with van der Waals surface area (Å²) < 4.78 is 35.3. The Morgan fingerprint density at radius 1 is 1.35 bits per heavy atom. The van der Waals surface area contributed by atoms with Gasteiger partial charge in [-0.25, -0.2) is 4.79 Å². The van der Waals surface area contributed by atoms with Gasteiger partial charge in [0.05, 0.1) is 5.56 Å². The summed E-state index contributed by atoms with van der Waals surface area (Å²) in [6.07, 6.45) is 1.46. The summed E-state index contributed by atoms with van der Waals surface area (Å²) >= 11 is 0. The first kappa shape index (κ1) is 13.9. The minimum atomic E-state index is -4.40. The van der Waals surface area contributed by atoms with Gasteiger partial charge in [-0.05, 0) is 16.5 Å². The van der Waals surface area contributed by atoms with Crippen LogP contribution >= 0.6 is 0 Å². The number of aryl methyl sites for hydroxylation is 1. The lowest BCUT2D eigenvalue weighted by Crippen LogP contribution is -2.06. The Kier molecular flexibility index (Phi) is 3.92. The maximum atomic E-state index is 11.3. The molecule has 0 saturated carbocycles. The van der Waals surface area contributed by atoms with E-state index in [-0.39, 0.29) is 17.2 Å². The molecule has 0 N–H and O–H groups in total. The molecule has 1 heterocycles.